The molecule has 0 amide bonds. The van der Waals surface area contributed by atoms with Crippen molar-refractivity contribution in [2.45, 2.75) is 25.4 Å². The van der Waals surface area contributed by atoms with Gasteiger partial charge in [0.15, 0.2) is 17.4 Å². The third-order valence-corrected chi connectivity index (χ3v) is 5.83. The van der Waals surface area contributed by atoms with Crippen LogP contribution < -0.4 is 10.6 Å². The summed E-state index contributed by atoms with van der Waals surface area (Å²) < 4.78 is 33.0. The summed E-state index contributed by atoms with van der Waals surface area (Å²) in [5.74, 6) is 5.69. The molecule has 1 unspecified atom stereocenters. The SMILES string of the molecule is CC1(O)CC(C2=C3C=NC=C[N+]3(N)C(c3ccc(Oc4c(F)cccc4F)cc3)=N2)C1. The average molecular weight is 423 g/mol. The molecule has 2 aromatic rings. The van der Waals surface area contributed by atoms with E-state index in [2.05, 4.69) is 4.99 Å². The maximum atomic E-state index is 13.9. The number of benzene rings is 2. The summed E-state index contributed by atoms with van der Waals surface area (Å²) in [5, 5.41) is 10.2. The molecule has 8 heteroatoms. The van der Waals surface area contributed by atoms with E-state index in [4.69, 9.17) is 15.6 Å². The third kappa shape index (κ3) is 3.29. The molecule has 0 aromatic heterocycles. The molecule has 2 heterocycles. The molecule has 2 aromatic carbocycles. The second kappa shape index (κ2) is 6.91. The lowest BCUT2D eigenvalue weighted by atomic mass is 9.70. The summed E-state index contributed by atoms with van der Waals surface area (Å²) >= 11 is 0. The van der Waals surface area contributed by atoms with E-state index in [1.807, 2.05) is 6.92 Å². The Morgan fingerprint density at radius 2 is 1.81 bits per heavy atom. The first-order valence-electron chi connectivity index (χ1n) is 9.94. The van der Waals surface area contributed by atoms with E-state index in [1.54, 1.807) is 42.9 Å². The maximum absolute atomic E-state index is 13.9. The molecule has 2 aliphatic heterocycles. The molecule has 158 valence electrons. The number of ether oxygens (including phenoxy) is 1. The highest BCUT2D eigenvalue weighted by atomic mass is 19.1. The van der Waals surface area contributed by atoms with Gasteiger partial charge in [0.25, 0.3) is 5.84 Å². The van der Waals surface area contributed by atoms with Crippen LogP contribution in [0.4, 0.5) is 8.78 Å². The Labute approximate surface area is 177 Å². The average Bonchev–Trinajstić information content (AvgIpc) is 3.02. The van der Waals surface area contributed by atoms with Crippen LogP contribution in [0.5, 0.6) is 11.5 Å². The lowest BCUT2D eigenvalue weighted by Crippen LogP contribution is -2.53. The van der Waals surface area contributed by atoms with Crippen LogP contribution >= 0.6 is 0 Å². The minimum Gasteiger partial charge on any atom is -0.451 e. The van der Waals surface area contributed by atoms with Crippen LogP contribution in [0.2, 0.25) is 0 Å². The standard InChI is InChI=1S/C23H21F2N4O2/c1-23(30)11-15(12-23)20-19-13-27-9-10-29(19,26)22(28-20)14-5-7-16(8-6-14)31-21-17(24)3-2-4-18(21)25/h2-10,13,15,30H,11-12,26H2,1H3/q+1. The fraction of sp³-hybridized carbons (Fsp3) is 0.217. The molecule has 3 aliphatic rings. The topological polar surface area (TPSA) is 80.2 Å². The highest BCUT2D eigenvalue weighted by Crippen LogP contribution is 2.46. The number of rotatable bonds is 4. The molecule has 0 spiro atoms. The zero-order valence-corrected chi connectivity index (χ0v) is 16.8. The molecule has 0 saturated heterocycles. The van der Waals surface area contributed by atoms with Crippen LogP contribution in [0, 0.1) is 17.6 Å². The predicted molar refractivity (Wildman–Crippen MR) is 112 cm³/mol. The number of amidine groups is 1. The number of nitrogens with zero attached hydrogens (tertiary/aromatic N) is 3. The highest BCUT2D eigenvalue weighted by Gasteiger charge is 2.50. The van der Waals surface area contributed by atoms with Gasteiger partial charge in [-0.3, -0.25) is 4.99 Å². The zero-order chi connectivity index (χ0) is 21.8. The first-order chi connectivity index (χ1) is 14.8. The quantitative estimate of drug-likeness (QED) is 0.573. The van der Waals surface area contributed by atoms with Crippen molar-refractivity contribution in [2.75, 3.05) is 0 Å². The van der Waals surface area contributed by atoms with Gasteiger partial charge in [0.2, 0.25) is 5.70 Å². The number of para-hydroxylation sites is 1. The van der Waals surface area contributed by atoms with Crippen LogP contribution in [-0.4, -0.2) is 27.3 Å². The predicted octanol–water partition coefficient (Wildman–Crippen LogP) is 4.14. The van der Waals surface area contributed by atoms with E-state index in [9.17, 15) is 13.9 Å². The van der Waals surface area contributed by atoms with Crippen molar-refractivity contribution in [1.82, 2.24) is 0 Å². The Morgan fingerprint density at radius 1 is 1.13 bits per heavy atom. The zero-order valence-electron chi connectivity index (χ0n) is 16.8. The van der Waals surface area contributed by atoms with Gasteiger partial charge in [-0.1, -0.05) is 6.07 Å². The number of fused-ring (bicyclic) bond motifs is 1. The van der Waals surface area contributed by atoms with E-state index < -0.39 is 23.0 Å². The lowest BCUT2D eigenvalue weighted by molar-refractivity contribution is -0.750. The second-order valence-electron chi connectivity index (χ2n) is 8.34. The van der Waals surface area contributed by atoms with Gasteiger partial charge in [0.1, 0.15) is 17.6 Å². The number of allylic oxidation sites excluding steroid dienone is 2. The van der Waals surface area contributed by atoms with Crippen LogP contribution in [0.25, 0.3) is 0 Å². The number of halogens is 2. The molecule has 31 heavy (non-hydrogen) atoms. The van der Waals surface area contributed by atoms with Gasteiger partial charge in [-0.15, -0.1) is 4.59 Å². The maximum Gasteiger partial charge on any atom is 0.264 e. The first-order valence-corrected chi connectivity index (χ1v) is 9.94. The lowest BCUT2D eigenvalue weighted by Gasteiger charge is -2.40. The van der Waals surface area contributed by atoms with Crippen molar-refractivity contribution in [2.24, 2.45) is 21.7 Å². The van der Waals surface area contributed by atoms with E-state index in [1.165, 1.54) is 6.07 Å². The third-order valence-electron chi connectivity index (χ3n) is 5.83. The van der Waals surface area contributed by atoms with E-state index in [0.717, 1.165) is 29.1 Å². The van der Waals surface area contributed by atoms with Crippen LogP contribution in [-0.2, 0) is 0 Å². The van der Waals surface area contributed by atoms with Crippen LogP contribution in [0.15, 0.2) is 76.2 Å². The number of hydrogen-bond donors (Lipinski definition) is 2. The number of aliphatic imine (C=N–C) groups is 2. The van der Waals surface area contributed by atoms with Crippen molar-refractivity contribution < 1.29 is 23.2 Å². The van der Waals surface area contributed by atoms with Gasteiger partial charge < -0.3 is 9.84 Å². The molecule has 1 aliphatic carbocycles. The molecule has 1 atom stereocenters. The van der Waals surface area contributed by atoms with Crippen LogP contribution in [0.3, 0.4) is 0 Å². The Kier molecular flexibility index (Phi) is 4.40. The fourth-order valence-electron chi connectivity index (χ4n) is 4.27. The largest absolute Gasteiger partial charge is 0.451 e. The number of quaternary nitrogens is 1. The van der Waals surface area contributed by atoms with Crippen molar-refractivity contribution >= 4 is 12.1 Å². The summed E-state index contributed by atoms with van der Waals surface area (Å²) in [5.41, 5.74) is 1.64. The molecule has 0 radical (unpaired) electrons. The van der Waals surface area contributed by atoms with Crippen molar-refractivity contribution in [3.63, 3.8) is 0 Å². The summed E-state index contributed by atoms with van der Waals surface area (Å²) in [6.45, 7) is 1.81. The molecule has 5 rings (SSSR count). The molecular formula is C23H21F2N4O2+. The Hall–Kier alpha value is -3.20. The number of hydrogen-bond acceptors (Lipinski definition) is 5. The van der Waals surface area contributed by atoms with Gasteiger partial charge in [-0.2, -0.15) is 10.8 Å². The molecule has 1 saturated carbocycles. The van der Waals surface area contributed by atoms with Crippen molar-refractivity contribution in [1.29, 1.82) is 0 Å². The van der Waals surface area contributed by atoms with E-state index in [0.29, 0.717) is 18.7 Å². The number of nitrogens with two attached hydrogens (primary N) is 1. The number of aliphatic hydroxyl groups is 1. The molecule has 3 N–H and O–H groups in total. The van der Waals surface area contributed by atoms with E-state index >= 15 is 0 Å². The minimum atomic E-state index is -0.775. The summed E-state index contributed by atoms with van der Waals surface area (Å²) in [7, 11) is 0. The molecule has 6 nitrogen and oxygen atoms in total. The molecule has 1 fully saturated rings. The van der Waals surface area contributed by atoms with Gasteiger partial charge in [0, 0.05) is 5.92 Å². The van der Waals surface area contributed by atoms with E-state index in [-0.39, 0.29) is 16.3 Å². The van der Waals surface area contributed by atoms with Crippen LogP contribution in [0.1, 0.15) is 25.3 Å². The summed E-state index contributed by atoms with van der Waals surface area (Å²) in [6, 6.07) is 10.3. The van der Waals surface area contributed by atoms with Gasteiger partial charge in [-0.05, 0) is 56.2 Å². The highest BCUT2D eigenvalue weighted by molar-refractivity contribution is 6.00. The van der Waals surface area contributed by atoms with Gasteiger partial charge >= 0.3 is 0 Å². The monoisotopic (exact) mass is 423 g/mol. The normalized spacial score (nSPS) is 28.9. The second-order valence-corrected chi connectivity index (χ2v) is 8.34. The minimum absolute atomic E-state index is 0.105. The molecule has 0 bridgehead atoms. The van der Waals surface area contributed by atoms with Crippen molar-refractivity contribution in [3.8, 4) is 11.5 Å². The summed E-state index contributed by atoms with van der Waals surface area (Å²) in [4.78, 5) is 9.05. The Morgan fingerprint density at radius 3 is 2.45 bits per heavy atom. The fourth-order valence-corrected chi connectivity index (χ4v) is 4.27. The smallest absolute Gasteiger partial charge is 0.264 e. The Bertz CT molecular complexity index is 1160. The van der Waals surface area contributed by atoms with Gasteiger partial charge in [-0.25, -0.2) is 8.78 Å². The molecular weight excluding hydrogens is 402 g/mol. The first kappa shape index (κ1) is 19.7. The summed E-state index contributed by atoms with van der Waals surface area (Å²) in [6.07, 6.45) is 6.30. The van der Waals surface area contributed by atoms with Gasteiger partial charge in [0.05, 0.1) is 23.6 Å². The Balaban J connectivity index is 1.45. The van der Waals surface area contributed by atoms with Crippen molar-refractivity contribution in [3.05, 3.63) is 83.5 Å².